The number of benzene rings is 1. The summed E-state index contributed by atoms with van der Waals surface area (Å²) in [5, 5.41) is 3.61. The van der Waals surface area contributed by atoms with Gasteiger partial charge in [-0.1, -0.05) is 56.4 Å². The van der Waals surface area contributed by atoms with Crippen LogP contribution in [-0.2, 0) is 0 Å². The number of hydrogen-bond donors (Lipinski definition) is 1. The highest BCUT2D eigenvalue weighted by Gasteiger charge is 2.31. The molecule has 0 bridgehead atoms. The summed E-state index contributed by atoms with van der Waals surface area (Å²) in [6.07, 6.45) is 6.97. The molecule has 19 heavy (non-hydrogen) atoms. The maximum Gasteiger partial charge on any atom is 0.0351 e. The van der Waals surface area contributed by atoms with Crippen LogP contribution in [0.4, 0.5) is 0 Å². The fourth-order valence-electron chi connectivity index (χ4n) is 3.96. The van der Waals surface area contributed by atoms with Gasteiger partial charge in [-0.05, 0) is 50.3 Å². The Bertz CT molecular complexity index is 410. The zero-order valence-corrected chi connectivity index (χ0v) is 13.0. The second kappa shape index (κ2) is 6.56. The molecule has 0 aliphatic heterocycles. The molecule has 0 heterocycles. The minimum absolute atomic E-state index is 0.533. The van der Waals surface area contributed by atoms with Crippen LogP contribution in [0.3, 0.4) is 0 Å². The predicted molar refractivity (Wildman–Crippen MR) is 83.5 cm³/mol. The normalized spacial score (nSPS) is 25.3. The smallest absolute Gasteiger partial charge is 0.0351 e. The van der Waals surface area contributed by atoms with Crippen molar-refractivity contribution < 1.29 is 0 Å². The number of rotatable bonds is 4. The second-order valence-corrected chi connectivity index (χ2v) is 6.24. The molecule has 0 saturated heterocycles. The van der Waals surface area contributed by atoms with Crippen LogP contribution in [0, 0.1) is 25.7 Å². The molecule has 1 aromatic carbocycles. The van der Waals surface area contributed by atoms with Gasteiger partial charge in [0.05, 0.1) is 0 Å². The van der Waals surface area contributed by atoms with Crippen LogP contribution in [0.1, 0.15) is 61.8 Å². The van der Waals surface area contributed by atoms with Gasteiger partial charge in [0, 0.05) is 6.04 Å². The number of nitrogens with one attached hydrogen (secondary N) is 1. The molecule has 1 aliphatic carbocycles. The van der Waals surface area contributed by atoms with Crippen LogP contribution in [-0.4, -0.2) is 7.05 Å². The Morgan fingerprint density at radius 2 is 1.95 bits per heavy atom. The van der Waals surface area contributed by atoms with Gasteiger partial charge >= 0.3 is 0 Å². The van der Waals surface area contributed by atoms with E-state index < -0.39 is 0 Å². The van der Waals surface area contributed by atoms with Crippen LogP contribution < -0.4 is 5.32 Å². The minimum atomic E-state index is 0.533. The Morgan fingerprint density at radius 3 is 2.58 bits per heavy atom. The molecule has 1 nitrogen and oxygen atoms in total. The van der Waals surface area contributed by atoms with Crippen LogP contribution in [0.2, 0.25) is 0 Å². The first-order valence-electron chi connectivity index (χ1n) is 7.91. The van der Waals surface area contributed by atoms with E-state index in [1.807, 2.05) is 0 Å². The zero-order chi connectivity index (χ0) is 13.8. The molecule has 106 valence electrons. The van der Waals surface area contributed by atoms with Crippen LogP contribution in [0.25, 0.3) is 0 Å². The van der Waals surface area contributed by atoms with E-state index in [2.05, 4.69) is 51.3 Å². The van der Waals surface area contributed by atoms with Crippen molar-refractivity contribution in [2.24, 2.45) is 11.8 Å². The largest absolute Gasteiger partial charge is 0.313 e. The SMILES string of the molecule is CCC1CCCCC1C(NC)c1ccc(C)cc1C. The highest BCUT2D eigenvalue weighted by molar-refractivity contribution is 5.33. The summed E-state index contributed by atoms with van der Waals surface area (Å²) in [6, 6.07) is 7.46. The Morgan fingerprint density at radius 1 is 1.21 bits per heavy atom. The molecule has 0 spiro atoms. The van der Waals surface area contributed by atoms with Gasteiger partial charge < -0.3 is 5.32 Å². The van der Waals surface area contributed by atoms with Gasteiger partial charge in [-0.3, -0.25) is 0 Å². The first-order chi connectivity index (χ1) is 9.17. The Balaban J connectivity index is 2.27. The zero-order valence-electron chi connectivity index (χ0n) is 13.0. The number of aryl methyl sites for hydroxylation is 2. The lowest BCUT2D eigenvalue weighted by atomic mass is 9.72. The summed E-state index contributed by atoms with van der Waals surface area (Å²) in [5.74, 6) is 1.71. The summed E-state index contributed by atoms with van der Waals surface area (Å²) in [6.45, 7) is 6.80. The summed E-state index contributed by atoms with van der Waals surface area (Å²) in [4.78, 5) is 0. The molecule has 1 aromatic rings. The summed E-state index contributed by atoms with van der Waals surface area (Å²) in [5.41, 5.74) is 4.32. The first-order valence-corrected chi connectivity index (χ1v) is 7.91. The van der Waals surface area contributed by atoms with E-state index in [0.717, 1.165) is 11.8 Å². The molecule has 1 saturated carbocycles. The van der Waals surface area contributed by atoms with Crippen LogP contribution >= 0.6 is 0 Å². The Hall–Kier alpha value is -0.820. The highest BCUT2D eigenvalue weighted by atomic mass is 14.9. The van der Waals surface area contributed by atoms with Crippen molar-refractivity contribution in [1.29, 1.82) is 0 Å². The van der Waals surface area contributed by atoms with Crippen molar-refractivity contribution in [3.8, 4) is 0 Å². The molecule has 0 radical (unpaired) electrons. The van der Waals surface area contributed by atoms with Gasteiger partial charge in [0.15, 0.2) is 0 Å². The minimum Gasteiger partial charge on any atom is -0.313 e. The van der Waals surface area contributed by atoms with Gasteiger partial charge in [-0.15, -0.1) is 0 Å². The quantitative estimate of drug-likeness (QED) is 0.820. The molecule has 1 heteroatoms. The van der Waals surface area contributed by atoms with Crippen LogP contribution in [0.5, 0.6) is 0 Å². The van der Waals surface area contributed by atoms with Crippen molar-refractivity contribution >= 4 is 0 Å². The lowest BCUT2D eigenvalue weighted by Gasteiger charge is -2.37. The summed E-state index contributed by atoms with van der Waals surface area (Å²) >= 11 is 0. The average molecular weight is 259 g/mol. The van der Waals surface area contributed by atoms with E-state index in [1.165, 1.54) is 48.8 Å². The highest BCUT2D eigenvalue weighted by Crippen LogP contribution is 2.40. The molecule has 1 fully saturated rings. The molecular formula is C18H29N. The van der Waals surface area contributed by atoms with Crippen molar-refractivity contribution in [2.75, 3.05) is 7.05 Å². The molecule has 1 N–H and O–H groups in total. The molecule has 2 rings (SSSR count). The van der Waals surface area contributed by atoms with Crippen molar-refractivity contribution in [2.45, 2.75) is 58.9 Å². The molecule has 0 aromatic heterocycles. The van der Waals surface area contributed by atoms with E-state index in [0.29, 0.717) is 6.04 Å². The fourth-order valence-corrected chi connectivity index (χ4v) is 3.96. The Labute approximate surface area is 118 Å². The van der Waals surface area contributed by atoms with E-state index in [9.17, 15) is 0 Å². The van der Waals surface area contributed by atoms with Crippen molar-refractivity contribution in [3.63, 3.8) is 0 Å². The second-order valence-electron chi connectivity index (χ2n) is 6.24. The third-order valence-corrected chi connectivity index (χ3v) is 4.99. The molecular weight excluding hydrogens is 230 g/mol. The van der Waals surface area contributed by atoms with Gasteiger partial charge in [0.2, 0.25) is 0 Å². The van der Waals surface area contributed by atoms with E-state index in [1.54, 1.807) is 0 Å². The molecule has 3 atom stereocenters. The van der Waals surface area contributed by atoms with Gasteiger partial charge in [0.25, 0.3) is 0 Å². The monoisotopic (exact) mass is 259 g/mol. The van der Waals surface area contributed by atoms with E-state index >= 15 is 0 Å². The maximum absolute atomic E-state index is 3.61. The number of hydrogen-bond acceptors (Lipinski definition) is 1. The van der Waals surface area contributed by atoms with E-state index in [4.69, 9.17) is 0 Å². The molecule has 0 amide bonds. The summed E-state index contributed by atoms with van der Waals surface area (Å²) < 4.78 is 0. The van der Waals surface area contributed by atoms with Gasteiger partial charge in [-0.2, -0.15) is 0 Å². The van der Waals surface area contributed by atoms with Crippen molar-refractivity contribution in [1.82, 2.24) is 5.32 Å². The molecule has 3 unspecified atom stereocenters. The maximum atomic E-state index is 3.61. The lowest BCUT2D eigenvalue weighted by Crippen LogP contribution is -2.33. The lowest BCUT2D eigenvalue weighted by molar-refractivity contribution is 0.180. The fraction of sp³-hybridized carbons (Fsp3) is 0.667. The summed E-state index contributed by atoms with van der Waals surface area (Å²) in [7, 11) is 2.13. The predicted octanol–water partition coefficient (Wildman–Crippen LogP) is 4.78. The molecule has 1 aliphatic rings. The first kappa shape index (κ1) is 14.6. The van der Waals surface area contributed by atoms with E-state index in [-0.39, 0.29) is 0 Å². The topological polar surface area (TPSA) is 12.0 Å². The Kier molecular flexibility index (Phi) is 5.04. The van der Waals surface area contributed by atoms with Crippen molar-refractivity contribution in [3.05, 3.63) is 34.9 Å². The van der Waals surface area contributed by atoms with Gasteiger partial charge in [-0.25, -0.2) is 0 Å². The van der Waals surface area contributed by atoms with Crippen LogP contribution in [0.15, 0.2) is 18.2 Å². The average Bonchev–Trinajstić information content (AvgIpc) is 2.42. The third-order valence-electron chi connectivity index (χ3n) is 4.99. The third kappa shape index (κ3) is 3.20. The van der Waals surface area contributed by atoms with Gasteiger partial charge in [0.1, 0.15) is 0 Å². The standard InChI is InChI=1S/C18H29N/c1-5-15-8-6-7-9-17(15)18(19-4)16-11-10-13(2)12-14(16)3/h10-12,15,17-19H,5-9H2,1-4H3.